The lowest BCUT2D eigenvalue weighted by molar-refractivity contribution is 0.0215. The van der Waals surface area contributed by atoms with Crippen LogP contribution < -0.4 is 0 Å². The molecule has 2 aromatic rings. The molecule has 0 radical (unpaired) electrons. The average molecular weight is 272 g/mol. The first-order valence-corrected chi connectivity index (χ1v) is 7.10. The molecule has 1 heterocycles. The van der Waals surface area contributed by atoms with E-state index in [1.54, 1.807) is 18.4 Å². The number of ether oxygens (including phenoxy) is 1. The molecule has 0 aliphatic rings. The van der Waals surface area contributed by atoms with Crippen LogP contribution in [0.5, 0.6) is 0 Å². The molecular weight excluding hydrogens is 252 g/mol. The fourth-order valence-corrected chi connectivity index (χ4v) is 2.08. The SMILES string of the molecule is CCCCC[C@H](OC(=O)c1ccccc1)c1ccco1. The summed E-state index contributed by atoms with van der Waals surface area (Å²) >= 11 is 0. The highest BCUT2D eigenvalue weighted by Gasteiger charge is 2.19. The number of furan rings is 1. The lowest BCUT2D eigenvalue weighted by atomic mass is 10.1. The van der Waals surface area contributed by atoms with E-state index in [2.05, 4.69) is 6.92 Å². The van der Waals surface area contributed by atoms with E-state index in [-0.39, 0.29) is 12.1 Å². The van der Waals surface area contributed by atoms with Gasteiger partial charge >= 0.3 is 5.97 Å². The van der Waals surface area contributed by atoms with E-state index in [1.807, 2.05) is 30.3 Å². The molecule has 0 fully saturated rings. The standard InChI is InChI=1S/C17H20O3/c1-2-3-5-11-16(15-12-8-13-19-15)20-17(18)14-9-6-4-7-10-14/h4,6-10,12-13,16H,2-3,5,11H2,1H3/t16-/m0/s1. The Morgan fingerprint density at radius 2 is 1.95 bits per heavy atom. The summed E-state index contributed by atoms with van der Waals surface area (Å²) in [6.07, 6.45) is 5.38. The molecule has 0 aliphatic carbocycles. The molecule has 2 rings (SSSR count). The van der Waals surface area contributed by atoms with Crippen molar-refractivity contribution in [3.8, 4) is 0 Å². The second-order valence-corrected chi connectivity index (χ2v) is 4.77. The molecule has 0 saturated carbocycles. The maximum absolute atomic E-state index is 12.1. The van der Waals surface area contributed by atoms with Gasteiger partial charge in [-0.25, -0.2) is 4.79 Å². The highest BCUT2D eigenvalue weighted by Crippen LogP contribution is 2.25. The monoisotopic (exact) mass is 272 g/mol. The maximum atomic E-state index is 12.1. The maximum Gasteiger partial charge on any atom is 0.338 e. The van der Waals surface area contributed by atoms with E-state index < -0.39 is 0 Å². The summed E-state index contributed by atoms with van der Waals surface area (Å²) in [5.41, 5.74) is 0.569. The summed E-state index contributed by atoms with van der Waals surface area (Å²) in [5, 5.41) is 0. The smallest absolute Gasteiger partial charge is 0.338 e. The average Bonchev–Trinajstić information content (AvgIpc) is 3.01. The van der Waals surface area contributed by atoms with E-state index in [4.69, 9.17) is 9.15 Å². The first-order chi connectivity index (χ1) is 9.81. The third kappa shape index (κ3) is 3.98. The van der Waals surface area contributed by atoms with Crippen LogP contribution in [0, 0.1) is 0 Å². The molecule has 0 amide bonds. The Bertz CT molecular complexity index is 502. The van der Waals surface area contributed by atoms with Gasteiger partial charge in [-0.3, -0.25) is 0 Å². The minimum absolute atomic E-state index is 0.302. The van der Waals surface area contributed by atoms with Crippen LogP contribution in [-0.2, 0) is 4.74 Å². The van der Waals surface area contributed by atoms with Crippen LogP contribution in [0.4, 0.5) is 0 Å². The molecule has 1 aromatic heterocycles. The minimum Gasteiger partial charge on any atom is -0.465 e. The Labute approximate surface area is 119 Å². The minimum atomic E-state index is -0.302. The van der Waals surface area contributed by atoms with Crippen LogP contribution >= 0.6 is 0 Å². The van der Waals surface area contributed by atoms with Crippen molar-refractivity contribution in [1.82, 2.24) is 0 Å². The summed E-state index contributed by atoms with van der Waals surface area (Å²) < 4.78 is 11.0. The molecule has 1 atom stereocenters. The van der Waals surface area contributed by atoms with Gasteiger partial charge in [-0.2, -0.15) is 0 Å². The Kier molecular flexibility index (Phi) is 5.42. The second-order valence-electron chi connectivity index (χ2n) is 4.77. The highest BCUT2D eigenvalue weighted by molar-refractivity contribution is 5.89. The lowest BCUT2D eigenvalue weighted by Gasteiger charge is -2.15. The van der Waals surface area contributed by atoms with Crippen molar-refractivity contribution in [1.29, 1.82) is 0 Å². The number of esters is 1. The molecule has 0 unspecified atom stereocenters. The third-order valence-corrected chi connectivity index (χ3v) is 3.19. The van der Waals surface area contributed by atoms with Crippen LogP contribution in [0.25, 0.3) is 0 Å². The van der Waals surface area contributed by atoms with Gasteiger partial charge in [-0.15, -0.1) is 0 Å². The van der Waals surface area contributed by atoms with Crippen molar-refractivity contribution in [2.24, 2.45) is 0 Å². The number of carbonyl (C=O) groups is 1. The molecular formula is C17H20O3. The van der Waals surface area contributed by atoms with Crippen LogP contribution in [0.3, 0.4) is 0 Å². The summed E-state index contributed by atoms with van der Waals surface area (Å²) in [4.78, 5) is 12.1. The fraction of sp³-hybridized carbons (Fsp3) is 0.353. The van der Waals surface area contributed by atoms with Crippen molar-refractivity contribution in [3.05, 3.63) is 60.1 Å². The van der Waals surface area contributed by atoms with E-state index >= 15 is 0 Å². The second kappa shape index (κ2) is 7.53. The summed E-state index contributed by atoms with van der Waals surface area (Å²) in [5.74, 6) is 0.411. The first-order valence-electron chi connectivity index (χ1n) is 7.10. The van der Waals surface area contributed by atoms with E-state index in [1.165, 1.54) is 0 Å². The number of carbonyl (C=O) groups excluding carboxylic acids is 1. The van der Waals surface area contributed by atoms with Gasteiger partial charge in [-0.05, 0) is 37.1 Å². The number of hydrogen-bond donors (Lipinski definition) is 0. The normalized spacial score (nSPS) is 12.1. The van der Waals surface area contributed by atoms with Gasteiger partial charge in [0.25, 0.3) is 0 Å². The molecule has 3 heteroatoms. The van der Waals surface area contributed by atoms with Gasteiger partial charge in [-0.1, -0.05) is 38.0 Å². The first kappa shape index (κ1) is 14.4. The zero-order chi connectivity index (χ0) is 14.2. The molecule has 0 spiro atoms. The Morgan fingerprint density at radius 1 is 1.15 bits per heavy atom. The van der Waals surface area contributed by atoms with Crippen LogP contribution in [0.15, 0.2) is 53.1 Å². The fourth-order valence-electron chi connectivity index (χ4n) is 2.08. The van der Waals surface area contributed by atoms with Crippen LogP contribution in [-0.4, -0.2) is 5.97 Å². The van der Waals surface area contributed by atoms with E-state index in [0.717, 1.165) is 25.7 Å². The van der Waals surface area contributed by atoms with Crippen molar-refractivity contribution < 1.29 is 13.9 Å². The number of rotatable bonds is 7. The van der Waals surface area contributed by atoms with Crippen LogP contribution in [0.1, 0.15) is 54.8 Å². The lowest BCUT2D eigenvalue weighted by Crippen LogP contribution is -2.11. The molecule has 0 N–H and O–H groups in total. The van der Waals surface area contributed by atoms with Gasteiger partial charge in [0.15, 0.2) is 6.10 Å². The molecule has 0 aliphatic heterocycles. The van der Waals surface area contributed by atoms with Gasteiger partial charge in [0.2, 0.25) is 0 Å². The highest BCUT2D eigenvalue weighted by atomic mass is 16.6. The van der Waals surface area contributed by atoms with Crippen molar-refractivity contribution in [2.75, 3.05) is 0 Å². The molecule has 1 aromatic carbocycles. The summed E-state index contributed by atoms with van der Waals surface area (Å²) in [7, 11) is 0. The largest absolute Gasteiger partial charge is 0.465 e. The van der Waals surface area contributed by atoms with Crippen molar-refractivity contribution in [2.45, 2.75) is 38.7 Å². The predicted molar refractivity (Wildman–Crippen MR) is 77.4 cm³/mol. The molecule has 0 bridgehead atoms. The zero-order valence-electron chi connectivity index (χ0n) is 11.7. The Balaban J connectivity index is 2.02. The zero-order valence-corrected chi connectivity index (χ0v) is 11.7. The number of benzene rings is 1. The quantitative estimate of drug-likeness (QED) is 0.539. The summed E-state index contributed by atoms with van der Waals surface area (Å²) in [6.45, 7) is 2.15. The van der Waals surface area contributed by atoms with E-state index in [9.17, 15) is 4.79 Å². The topological polar surface area (TPSA) is 39.4 Å². The molecule has 0 saturated heterocycles. The molecule has 20 heavy (non-hydrogen) atoms. The van der Waals surface area contributed by atoms with E-state index in [0.29, 0.717) is 11.3 Å². The van der Waals surface area contributed by atoms with Gasteiger partial charge in [0.1, 0.15) is 5.76 Å². The summed E-state index contributed by atoms with van der Waals surface area (Å²) in [6, 6.07) is 12.7. The number of hydrogen-bond acceptors (Lipinski definition) is 3. The van der Waals surface area contributed by atoms with Crippen molar-refractivity contribution >= 4 is 5.97 Å². The van der Waals surface area contributed by atoms with Gasteiger partial charge < -0.3 is 9.15 Å². The Hall–Kier alpha value is -2.03. The van der Waals surface area contributed by atoms with Gasteiger partial charge in [0.05, 0.1) is 11.8 Å². The molecule has 3 nitrogen and oxygen atoms in total. The van der Waals surface area contributed by atoms with Crippen LogP contribution in [0.2, 0.25) is 0 Å². The third-order valence-electron chi connectivity index (χ3n) is 3.19. The predicted octanol–water partition coefficient (Wildman–Crippen LogP) is 4.76. The van der Waals surface area contributed by atoms with Gasteiger partial charge in [0, 0.05) is 0 Å². The Morgan fingerprint density at radius 3 is 2.60 bits per heavy atom. The molecule has 106 valence electrons. The van der Waals surface area contributed by atoms with Crippen molar-refractivity contribution in [3.63, 3.8) is 0 Å². The number of unbranched alkanes of at least 4 members (excludes halogenated alkanes) is 2.